The molecule has 246 valence electrons. The molecule has 3 saturated heterocycles. The number of halogens is 1. The van der Waals surface area contributed by atoms with Crippen molar-refractivity contribution in [3.63, 3.8) is 0 Å². The summed E-state index contributed by atoms with van der Waals surface area (Å²) in [5, 5.41) is 23.0. The summed E-state index contributed by atoms with van der Waals surface area (Å²) in [6, 6.07) is 17.9. The Morgan fingerprint density at radius 1 is 1.04 bits per heavy atom. The maximum atomic E-state index is 15.2. The van der Waals surface area contributed by atoms with Gasteiger partial charge in [-0.05, 0) is 67.8 Å². The maximum absolute atomic E-state index is 15.2. The molecule has 1 saturated carbocycles. The van der Waals surface area contributed by atoms with Gasteiger partial charge in [-0.15, -0.1) is 0 Å². The van der Waals surface area contributed by atoms with Crippen molar-refractivity contribution in [1.29, 1.82) is 5.26 Å². The van der Waals surface area contributed by atoms with Crippen LogP contribution in [0.1, 0.15) is 31.2 Å². The number of piperazine rings is 1. The number of piperidine rings is 1. The number of aliphatic hydroxyl groups is 1. The third-order valence-electron chi connectivity index (χ3n) is 9.80. The summed E-state index contributed by atoms with van der Waals surface area (Å²) >= 11 is 0. The van der Waals surface area contributed by atoms with E-state index in [1.165, 1.54) is 5.69 Å². The molecule has 1 amide bonds. The number of rotatable bonds is 8. The molecule has 4 fully saturated rings. The average Bonchev–Trinajstić information content (AvgIpc) is 3.51. The second-order valence-electron chi connectivity index (χ2n) is 12.9. The Hall–Kier alpha value is -4.31. The van der Waals surface area contributed by atoms with Crippen LogP contribution >= 0.6 is 0 Å². The molecule has 4 atom stereocenters. The quantitative estimate of drug-likeness (QED) is 0.376. The number of amides is 1. The van der Waals surface area contributed by atoms with E-state index in [2.05, 4.69) is 43.3 Å². The highest BCUT2D eigenvalue weighted by Crippen LogP contribution is 2.32. The van der Waals surface area contributed by atoms with E-state index < -0.39 is 18.4 Å². The molecule has 3 aliphatic heterocycles. The lowest BCUT2D eigenvalue weighted by Gasteiger charge is -2.43. The molecule has 3 aromatic rings. The van der Waals surface area contributed by atoms with Crippen molar-refractivity contribution >= 4 is 23.1 Å². The number of alkyl halides is 1. The number of nitrogens with zero attached hydrogens (tertiary/aromatic N) is 6. The molecule has 4 aliphatic rings. The van der Waals surface area contributed by atoms with E-state index in [1.807, 2.05) is 12.1 Å². The number of carbonyl (C=O) groups is 1. The van der Waals surface area contributed by atoms with Crippen molar-refractivity contribution in [3.8, 4) is 23.2 Å². The van der Waals surface area contributed by atoms with Crippen LogP contribution in [-0.2, 0) is 9.53 Å². The highest BCUT2D eigenvalue weighted by atomic mass is 19.1. The van der Waals surface area contributed by atoms with Gasteiger partial charge in [-0.25, -0.2) is 14.4 Å². The molecule has 0 unspecified atom stereocenters. The first-order chi connectivity index (χ1) is 22.9. The smallest absolute Gasteiger partial charge is 0.225 e. The van der Waals surface area contributed by atoms with E-state index >= 15 is 4.39 Å². The van der Waals surface area contributed by atoms with E-state index in [0.717, 1.165) is 45.1 Å². The number of aliphatic hydroxyl groups excluding tert-OH is 1. The molecule has 7 rings (SSSR count). The summed E-state index contributed by atoms with van der Waals surface area (Å²) < 4.78 is 26.5. The Kier molecular flexibility index (Phi) is 9.20. The molecular weight excluding hydrogens is 601 g/mol. The molecule has 2 aromatic carbocycles. The Morgan fingerprint density at radius 2 is 1.85 bits per heavy atom. The van der Waals surface area contributed by atoms with Gasteiger partial charge in [-0.2, -0.15) is 5.26 Å². The molecule has 12 heteroatoms. The molecule has 2 N–H and O–H groups in total. The van der Waals surface area contributed by atoms with E-state index in [4.69, 9.17) is 9.47 Å². The molecular formula is C35H40FN7O4. The largest absolute Gasteiger partial charge is 0.486 e. The fourth-order valence-corrected chi connectivity index (χ4v) is 6.93. The highest BCUT2D eigenvalue weighted by Gasteiger charge is 2.38. The predicted octanol–water partition coefficient (Wildman–Crippen LogP) is 3.76. The summed E-state index contributed by atoms with van der Waals surface area (Å²) in [6.45, 7) is 6.10. The SMILES string of the molecule is N#Cc1cc(-c2nccc(Nc3ccc(N4CCN(C5COC5)CC4)cc3)n2)ccc1O[C@H]1CCN(C(=O)[C@H]2CC[C@@H](O)C2)C[C@H]1F. The van der Waals surface area contributed by atoms with Gasteiger partial charge in [0.15, 0.2) is 12.0 Å². The third kappa shape index (κ3) is 7.02. The Morgan fingerprint density at radius 3 is 2.53 bits per heavy atom. The van der Waals surface area contributed by atoms with Crippen LogP contribution < -0.4 is 15.0 Å². The van der Waals surface area contributed by atoms with Crippen molar-refractivity contribution in [2.75, 3.05) is 62.7 Å². The Labute approximate surface area is 273 Å². The number of carbonyl (C=O) groups excluding carboxylic acids is 1. The lowest BCUT2D eigenvalue weighted by atomic mass is 10.0. The number of aromatic nitrogens is 2. The van der Waals surface area contributed by atoms with Crippen LogP contribution in [0.4, 0.5) is 21.6 Å². The molecule has 4 heterocycles. The van der Waals surface area contributed by atoms with E-state index in [0.29, 0.717) is 55.5 Å². The van der Waals surface area contributed by atoms with Crippen molar-refractivity contribution < 1.29 is 23.8 Å². The molecule has 1 aromatic heterocycles. The zero-order valence-corrected chi connectivity index (χ0v) is 26.3. The summed E-state index contributed by atoms with van der Waals surface area (Å²) in [5.41, 5.74) is 2.99. The van der Waals surface area contributed by atoms with Crippen LogP contribution in [0.15, 0.2) is 54.7 Å². The lowest BCUT2D eigenvalue weighted by Crippen LogP contribution is -2.56. The van der Waals surface area contributed by atoms with Crippen LogP contribution in [0.5, 0.6) is 5.75 Å². The second kappa shape index (κ2) is 13.8. The fraction of sp³-hybridized carbons (Fsp3) is 0.486. The first kappa shape index (κ1) is 31.3. The van der Waals surface area contributed by atoms with Crippen LogP contribution in [0.3, 0.4) is 0 Å². The van der Waals surface area contributed by atoms with Gasteiger partial charge in [0.25, 0.3) is 0 Å². The fourth-order valence-electron chi connectivity index (χ4n) is 6.93. The predicted molar refractivity (Wildman–Crippen MR) is 174 cm³/mol. The van der Waals surface area contributed by atoms with Gasteiger partial charge in [0.1, 0.15) is 23.7 Å². The van der Waals surface area contributed by atoms with Gasteiger partial charge in [0.05, 0.1) is 37.5 Å². The van der Waals surface area contributed by atoms with E-state index in [9.17, 15) is 15.2 Å². The number of hydrogen-bond donors (Lipinski definition) is 2. The van der Waals surface area contributed by atoms with Crippen molar-refractivity contribution in [3.05, 3.63) is 60.3 Å². The van der Waals surface area contributed by atoms with Gasteiger partial charge in [0, 0.05) is 68.2 Å². The van der Waals surface area contributed by atoms with Crippen molar-refractivity contribution in [1.82, 2.24) is 19.8 Å². The van der Waals surface area contributed by atoms with Crippen LogP contribution in [0.2, 0.25) is 0 Å². The number of likely N-dealkylation sites (tertiary alicyclic amines) is 1. The van der Waals surface area contributed by atoms with E-state index in [1.54, 1.807) is 35.4 Å². The van der Waals surface area contributed by atoms with Gasteiger partial charge in [0.2, 0.25) is 5.91 Å². The maximum Gasteiger partial charge on any atom is 0.225 e. The van der Waals surface area contributed by atoms with Crippen LogP contribution in [0, 0.1) is 17.2 Å². The molecule has 0 radical (unpaired) electrons. The monoisotopic (exact) mass is 641 g/mol. The molecule has 1 aliphatic carbocycles. The van der Waals surface area contributed by atoms with Crippen molar-refractivity contribution in [2.24, 2.45) is 5.92 Å². The van der Waals surface area contributed by atoms with Gasteiger partial charge in [-0.3, -0.25) is 9.69 Å². The summed E-state index contributed by atoms with van der Waals surface area (Å²) in [6.07, 6.45) is 1.06. The number of benzene rings is 2. The lowest BCUT2D eigenvalue weighted by molar-refractivity contribution is -0.139. The summed E-state index contributed by atoms with van der Waals surface area (Å²) in [5.74, 6) is 1.01. The standard InChI is InChI=1S/C35H40FN7O4/c36-30-20-43(35(45)24-1-7-29(44)18-24)12-10-32(30)47-31-8-2-23(17-25(31)19-37)34-38-11-9-33(40-34)39-26-3-5-27(6-4-26)41-13-15-42(16-14-41)28-21-46-22-28/h2-6,8-9,11,17,24,28-30,32,44H,1,7,10,12-16,18,20-22H2,(H,38,39,40)/t24-,29+,30+,32-/m0/s1. The van der Waals surface area contributed by atoms with Gasteiger partial charge in [-0.1, -0.05) is 0 Å². The number of nitrogens with one attached hydrogen (secondary N) is 1. The minimum atomic E-state index is -1.39. The first-order valence-electron chi connectivity index (χ1n) is 16.5. The zero-order valence-electron chi connectivity index (χ0n) is 26.3. The van der Waals surface area contributed by atoms with Gasteiger partial charge >= 0.3 is 0 Å². The minimum Gasteiger partial charge on any atom is -0.486 e. The molecule has 11 nitrogen and oxygen atoms in total. The van der Waals surface area contributed by atoms with Crippen molar-refractivity contribution in [2.45, 2.75) is 50.1 Å². The number of ether oxygens (including phenoxy) is 2. The molecule has 0 bridgehead atoms. The summed E-state index contributed by atoms with van der Waals surface area (Å²) in [4.78, 5) is 28.4. The number of anilines is 3. The van der Waals surface area contributed by atoms with E-state index in [-0.39, 0.29) is 29.7 Å². The minimum absolute atomic E-state index is 0.0556. The highest BCUT2D eigenvalue weighted by molar-refractivity contribution is 5.79. The van der Waals surface area contributed by atoms with Gasteiger partial charge < -0.3 is 29.7 Å². The average molecular weight is 642 g/mol. The summed E-state index contributed by atoms with van der Waals surface area (Å²) in [7, 11) is 0. The first-order valence-corrected chi connectivity index (χ1v) is 16.5. The normalized spacial score (nSPS) is 25.2. The molecule has 0 spiro atoms. The van der Waals surface area contributed by atoms with Crippen LogP contribution in [0.25, 0.3) is 11.4 Å². The number of nitriles is 1. The zero-order chi connectivity index (χ0) is 32.3. The molecule has 47 heavy (non-hydrogen) atoms. The Bertz CT molecular complexity index is 1610. The number of hydrogen-bond acceptors (Lipinski definition) is 10. The topological polar surface area (TPSA) is 127 Å². The Balaban J connectivity index is 0.955. The van der Waals surface area contributed by atoms with Crippen LogP contribution in [-0.4, -0.2) is 108 Å². The second-order valence-corrected chi connectivity index (χ2v) is 12.9. The third-order valence-corrected chi connectivity index (χ3v) is 9.80.